The molecule has 0 aromatic carbocycles. The highest BCUT2D eigenvalue weighted by molar-refractivity contribution is 5.94. The third kappa shape index (κ3) is 2.72. The number of carbonyl (C=O) groups excluding carboxylic acids is 1. The van der Waals surface area contributed by atoms with Gasteiger partial charge in [-0.1, -0.05) is 0 Å². The van der Waals surface area contributed by atoms with Crippen molar-refractivity contribution >= 4 is 11.9 Å². The Bertz CT molecular complexity index is 595. The highest BCUT2D eigenvalue weighted by atomic mass is 16.5. The summed E-state index contributed by atoms with van der Waals surface area (Å²) in [6.45, 7) is 1.90. The standard InChI is InChI=1S/C13H16N2O5/c1-8-6-15(7-10(20-8)13(18)19)12(17)9-4-3-5-14(2)11(9)16/h3-5,8,10H,6-7H2,1-2H3,(H,18,19)/t8-,10?/m1/s1. The van der Waals surface area contributed by atoms with Crippen molar-refractivity contribution in [2.75, 3.05) is 13.1 Å². The van der Waals surface area contributed by atoms with E-state index >= 15 is 0 Å². The maximum absolute atomic E-state index is 12.4. The minimum Gasteiger partial charge on any atom is -0.479 e. The van der Waals surface area contributed by atoms with Gasteiger partial charge in [0.15, 0.2) is 6.10 Å². The number of aliphatic carboxylic acids is 1. The van der Waals surface area contributed by atoms with E-state index < -0.39 is 23.5 Å². The topological polar surface area (TPSA) is 88.8 Å². The van der Waals surface area contributed by atoms with Gasteiger partial charge in [0, 0.05) is 19.8 Å². The van der Waals surface area contributed by atoms with E-state index in [2.05, 4.69) is 0 Å². The molecule has 1 amide bonds. The molecule has 0 radical (unpaired) electrons. The zero-order valence-corrected chi connectivity index (χ0v) is 11.3. The highest BCUT2D eigenvalue weighted by Crippen LogP contribution is 2.13. The van der Waals surface area contributed by atoms with Crippen LogP contribution in [0.5, 0.6) is 0 Å². The summed E-state index contributed by atoms with van der Waals surface area (Å²) in [6, 6.07) is 3.05. The number of ether oxygens (including phenoxy) is 1. The largest absolute Gasteiger partial charge is 0.479 e. The van der Waals surface area contributed by atoms with Gasteiger partial charge in [0.1, 0.15) is 5.56 Å². The molecule has 1 N–H and O–H groups in total. The van der Waals surface area contributed by atoms with Crippen LogP contribution >= 0.6 is 0 Å². The van der Waals surface area contributed by atoms with Crippen LogP contribution in [-0.2, 0) is 16.6 Å². The van der Waals surface area contributed by atoms with Gasteiger partial charge in [0.25, 0.3) is 11.5 Å². The SMILES string of the molecule is C[C@@H]1CN(C(=O)c2cccn(C)c2=O)CC(C(=O)O)O1. The van der Waals surface area contributed by atoms with Crippen molar-refractivity contribution in [3.05, 3.63) is 34.2 Å². The van der Waals surface area contributed by atoms with Gasteiger partial charge in [-0.3, -0.25) is 9.59 Å². The monoisotopic (exact) mass is 280 g/mol. The summed E-state index contributed by atoms with van der Waals surface area (Å²) >= 11 is 0. The molecule has 7 heteroatoms. The quantitative estimate of drug-likeness (QED) is 0.803. The van der Waals surface area contributed by atoms with E-state index in [1.54, 1.807) is 26.2 Å². The first-order valence-electron chi connectivity index (χ1n) is 6.23. The van der Waals surface area contributed by atoms with E-state index in [1.165, 1.54) is 15.5 Å². The first-order chi connectivity index (χ1) is 9.40. The van der Waals surface area contributed by atoms with E-state index in [-0.39, 0.29) is 24.8 Å². The molecule has 2 heterocycles. The summed E-state index contributed by atoms with van der Waals surface area (Å²) in [4.78, 5) is 36.6. The average Bonchev–Trinajstić information content (AvgIpc) is 2.40. The molecule has 1 saturated heterocycles. The fraction of sp³-hybridized carbons (Fsp3) is 0.462. The van der Waals surface area contributed by atoms with Crippen molar-refractivity contribution in [1.82, 2.24) is 9.47 Å². The van der Waals surface area contributed by atoms with Gasteiger partial charge in [-0.05, 0) is 19.1 Å². The smallest absolute Gasteiger partial charge is 0.334 e. The second-order valence-corrected chi connectivity index (χ2v) is 4.82. The maximum Gasteiger partial charge on any atom is 0.334 e. The summed E-state index contributed by atoms with van der Waals surface area (Å²) in [5, 5.41) is 9.00. The molecule has 1 aliphatic heterocycles. The van der Waals surface area contributed by atoms with Crippen LogP contribution in [0, 0.1) is 0 Å². The van der Waals surface area contributed by atoms with Crippen LogP contribution in [0.2, 0.25) is 0 Å². The average molecular weight is 280 g/mol. The number of carboxylic acids is 1. The molecular weight excluding hydrogens is 264 g/mol. The first kappa shape index (κ1) is 14.3. The van der Waals surface area contributed by atoms with Crippen molar-refractivity contribution in [3.8, 4) is 0 Å². The Morgan fingerprint density at radius 3 is 2.75 bits per heavy atom. The van der Waals surface area contributed by atoms with Crippen LogP contribution in [-0.4, -0.2) is 51.7 Å². The second-order valence-electron chi connectivity index (χ2n) is 4.82. The molecule has 0 bridgehead atoms. The first-order valence-corrected chi connectivity index (χ1v) is 6.23. The molecule has 20 heavy (non-hydrogen) atoms. The minimum atomic E-state index is -1.12. The lowest BCUT2D eigenvalue weighted by Gasteiger charge is -2.34. The summed E-state index contributed by atoms with van der Waals surface area (Å²) in [5.74, 6) is -1.58. The van der Waals surface area contributed by atoms with Crippen LogP contribution < -0.4 is 5.56 Å². The van der Waals surface area contributed by atoms with E-state index in [4.69, 9.17) is 9.84 Å². The van der Waals surface area contributed by atoms with Crippen molar-refractivity contribution < 1.29 is 19.4 Å². The molecule has 0 spiro atoms. The van der Waals surface area contributed by atoms with Crippen LogP contribution in [0.25, 0.3) is 0 Å². The summed E-state index contributed by atoms with van der Waals surface area (Å²) in [6.07, 6.45) is 0.109. The van der Waals surface area contributed by atoms with E-state index in [0.29, 0.717) is 0 Å². The van der Waals surface area contributed by atoms with Crippen molar-refractivity contribution in [3.63, 3.8) is 0 Å². The Morgan fingerprint density at radius 2 is 2.10 bits per heavy atom. The number of morpholine rings is 1. The number of aromatic nitrogens is 1. The molecule has 7 nitrogen and oxygen atoms in total. The molecule has 2 atom stereocenters. The number of amides is 1. The summed E-state index contributed by atoms with van der Waals surface area (Å²) < 4.78 is 6.55. The van der Waals surface area contributed by atoms with Crippen molar-refractivity contribution in [2.45, 2.75) is 19.1 Å². The van der Waals surface area contributed by atoms with Gasteiger partial charge < -0.3 is 19.3 Å². The fourth-order valence-corrected chi connectivity index (χ4v) is 2.18. The zero-order valence-electron chi connectivity index (χ0n) is 11.3. The van der Waals surface area contributed by atoms with Crippen LogP contribution in [0.1, 0.15) is 17.3 Å². The molecule has 1 fully saturated rings. The Morgan fingerprint density at radius 1 is 1.40 bits per heavy atom. The fourth-order valence-electron chi connectivity index (χ4n) is 2.18. The molecule has 1 aromatic rings. The lowest BCUT2D eigenvalue weighted by atomic mass is 10.1. The van der Waals surface area contributed by atoms with Gasteiger partial charge >= 0.3 is 5.97 Å². The number of hydrogen-bond acceptors (Lipinski definition) is 4. The molecule has 108 valence electrons. The van der Waals surface area contributed by atoms with Gasteiger partial charge in [-0.25, -0.2) is 4.79 Å². The van der Waals surface area contributed by atoms with Crippen LogP contribution in [0.3, 0.4) is 0 Å². The lowest BCUT2D eigenvalue weighted by molar-refractivity contribution is -0.160. The molecule has 0 saturated carbocycles. The van der Waals surface area contributed by atoms with E-state index in [0.717, 1.165) is 0 Å². The van der Waals surface area contributed by atoms with Crippen LogP contribution in [0.4, 0.5) is 0 Å². The number of nitrogens with zero attached hydrogens (tertiary/aromatic N) is 2. The molecule has 0 aliphatic carbocycles. The van der Waals surface area contributed by atoms with Crippen molar-refractivity contribution in [1.29, 1.82) is 0 Å². The normalized spacial score (nSPS) is 22.6. The van der Waals surface area contributed by atoms with Crippen molar-refractivity contribution in [2.24, 2.45) is 7.05 Å². The van der Waals surface area contributed by atoms with E-state index in [1.807, 2.05) is 0 Å². The number of hydrogen-bond donors (Lipinski definition) is 1. The third-order valence-electron chi connectivity index (χ3n) is 3.18. The third-order valence-corrected chi connectivity index (χ3v) is 3.18. The highest BCUT2D eigenvalue weighted by Gasteiger charge is 2.33. The minimum absolute atomic E-state index is 0.0354. The Kier molecular flexibility index (Phi) is 3.89. The summed E-state index contributed by atoms with van der Waals surface area (Å²) in [5.41, 5.74) is -0.364. The zero-order chi connectivity index (χ0) is 14.9. The predicted molar refractivity (Wildman–Crippen MR) is 69.6 cm³/mol. The van der Waals surface area contributed by atoms with Crippen LogP contribution in [0.15, 0.2) is 23.1 Å². The number of carbonyl (C=O) groups is 2. The Hall–Kier alpha value is -2.15. The van der Waals surface area contributed by atoms with Gasteiger partial charge in [-0.15, -0.1) is 0 Å². The lowest BCUT2D eigenvalue weighted by Crippen LogP contribution is -2.52. The molecule has 1 aliphatic rings. The Labute approximate surface area is 115 Å². The predicted octanol–water partition coefficient (Wildman–Crippen LogP) is -0.301. The van der Waals surface area contributed by atoms with E-state index in [9.17, 15) is 14.4 Å². The number of rotatable bonds is 2. The Balaban J connectivity index is 2.26. The number of pyridine rings is 1. The van der Waals surface area contributed by atoms with Gasteiger partial charge in [0.2, 0.25) is 0 Å². The summed E-state index contributed by atoms with van der Waals surface area (Å²) in [7, 11) is 1.56. The molecule has 2 rings (SSSR count). The van der Waals surface area contributed by atoms with Gasteiger partial charge in [0.05, 0.1) is 12.6 Å². The van der Waals surface area contributed by atoms with Gasteiger partial charge in [-0.2, -0.15) is 0 Å². The molecule has 1 aromatic heterocycles. The number of aryl methyl sites for hydroxylation is 1. The molecular formula is C13H16N2O5. The maximum atomic E-state index is 12.4. The molecule has 1 unspecified atom stereocenters. The second kappa shape index (κ2) is 5.46. The number of carboxylic acid groups (broad SMARTS) is 1.